The quantitative estimate of drug-likeness (QED) is 0.738. The van der Waals surface area contributed by atoms with E-state index in [2.05, 4.69) is 15.4 Å². The normalized spacial score (nSPS) is 10.6. The summed E-state index contributed by atoms with van der Waals surface area (Å²) in [6.45, 7) is 5.45. The molecule has 3 aromatic rings. The van der Waals surface area contributed by atoms with Gasteiger partial charge in [0, 0.05) is 29.3 Å². The molecular formula is C19H20N4O3. The summed E-state index contributed by atoms with van der Waals surface area (Å²) in [5.41, 5.74) is 4.01. The van der Waals surface area contributed by atoms with Gasteiger partial charge in [0.1, 0.15) is 0 Å². The van der Waals surface area contributed by atoms with Gasteiger partial charge in [0.05, 0.1) is 11.4 Å². The largest absolute Gasteiger partial charge is 0.478 e. The van der Waals surface area contributed by atoms with Gasteiger partial charge < -0.3 is 15.0 Å². The Labute approximate surface area is 150 Å². The maximum Gasteiger partial charge on any atom is 0.262 e. The van der Waals surface area contributed by atoms with E-state index in [0.29, 0.717) is 5.69 Å². The molecule has 2 heterocycles. The van der Waals surface area contributed by atoms with Crippen molar-refractivity contribution in [1.29, 1.82) is 0 Å². The highest BCUT2D eigenvalue weighted by molar-refractivity contribution is 5.91. The van der Waals surface area contributed by atoms with Crippen LogP contribution in [-0.2, 0) is 4.79 Å². The Morgan fingerprint density at radius 3 is 2.54 bits per heavy atom. The van der Waals surface area contributed by atoms with Gasteiger partial charge in [-0.1, -0.05) is 0 Å². The van der Waals surface area contributed by atoms with Gasteiger partial charge in [0.25, 0.3) is 5.91 Å². The molecule has 0 aliphatic rings. The van der Waals surface area contributed by atoms with E-state index in [1.807, 2.05) is 36.7 Å². The minimum atomic E-state index is -0.344. The molecule has 3 rings (SSSR count). The standard InChI is InChI=1S/C19H20N4O3/c1-12-9-17(24)18(10-20-12)26-11-19(25)21-15-4-6-16(7-5-15)23-14(3)8-13(2)22-23/h4-10H,11H2,1-3H3,(H,20,24)(H,21,25). The molecule has 0 spiro atoms. The van der Waals surface area contributed by atoms with Gasteiger partial charge in [0.2, 0.25) is 5.43 Å². The number of H-pyrrole nitrogens is 1. The van der Waals surface area contributed by atoms with Crippen LogP contribution in [0.15, 0.2) is 47.4 Å². The summed E-state index contributed by atoms with van der Waals surface area (Å²) < 4.78 is 7.11. The van der Waals surface area contributed by atoms with Crippen LogP contribution in [0, 0.1) is 20.8 Å². The number of ether oxygens (including phenoxy) is 1. The average Bonchev–Trinajstić information content (AvgIpc) is 2.93. The van der Waals surface area contributed by atoms with E-state index in [1.54, 1.807) is 19.1 Å². The van der Waals surface area contributed by atoms with Crippen LogP contribution in [0.1, 0.15) is 17.1 Å². The molecule has 1 amide bonds. The fraction of sp³-hybridized carbons (Fsp3) is 0.211. The van der Waals surface area contributed by atoms with Gasteiger partial charge >= 0.3 is 0 Å². The first kappa shape index (κ1) is 17.5. The molecule has 0 aliphatic heterocycles. The number of amides is 1. The lowest BCUT2D eigenvalue weighted by molar-refractivity contribution is -0.118. The van der Waals surface area contributed by atoms with E-state index in [1.165, 1.54) is 12.3 Å². The van der Waals surface area contributed by atoms with Crippen LogP contribution in [0.25, 0.3) is 5.69 Å². The van der Waals surface area contributed by atoms with Gasteiger partial charge in [-0.2, -0.15) is 5.10 Å². The van der Waals surface area contributed by atoms with Crippen LogP contribution in [-0.4, -0.2) is 27.3 Å². The second-order valence-electron chi connectivity index (χ2n) is 6.07. The van der Waals surface area contributed by atoms with Gasteiger partial charge in [-0.05, 0) is 51.1 Å². The molecule has 0 aliphatic carbocycles. The van der Waals surface area contributed by atoms with E-state index < -0.39 is 0 Å². The second kappa shape index (κ2) is 7.26. The Hall–Kier alpha value is -3.35. The number of hydrogen-bond donors (Lipinski definition) is 2. The first-order chi connectivity index (χ1) is 12.4. The van der Waals surface area contributed by atoms with Crippen molar-refractivity contribution >= 4 is 11.6 Å². The monoisotopic (exact) mass is 352 g/mol. The Morgan fingerprint density at radius 2 is 1.92 bits per heavy atom. The number of pyridine rings is 1. The molecule has 134 valence electrons. The van der Waals surface area contributed by atoms with E-state index >= 15 is 0 Å². The van der Waals surface area contributed by atoms with E-state index in [9.17, 15) is 9.59 Å². The van der Waals surface area contributed by atoms with Crippen LogP contribution < -0.4 is 15.5 Å². The number of carbonyl (C=O) groups is 1. The highest BCUT2D eigenvalue weighted by Crippen LogP contribution is 2.15. The molecule has 0 fully saturated rings. The number of nitrogens with one attached hydrogen (secondary N) is 2. The fourth-order valence-corrected chi connectivity index (χ4v) is 2.59. The third-order valence-electron chi connectivity index (χ3n) is 3.79. The van der Waals surface area contributed by atoms with Crippen molar-refractivity contribution in [2.45, 2.75) is 20.8 Å². The minimum Gasteiger partial charge on any atom is -0.478 e. The summed E-state index contributed by atoms with van der Waals surface area (Å²) in [6.07, 6.45) is 1.45. The van der Waals surface area contributed by atoms with Crippen molar-refractivity contribution in [2.75, 3.05) is 11.9 Å². The SMILES string of the molecule is Cc1cc(C)n(-c2ccc(NC(=O)COc3c[nH]c(C)cc3=O)cc2)n1. The molecule has 0 atom stereocenters. The number of anilines is 1. The maximum absolute atomic E-state index is 12.0. The topological polar surface area (TPSA) is 89.0 Å². The summed E-state index contributed by atoms with van der Waals surface area (Å²) in [6, 6.07) is 10.8. The third kappa shape index (κ3) is 4.00. The highest BCUT2D eigenvalue weighted by Gasteiger charge is 2.08. The number of hydrogen-bond acceptors (Lipinski definition) is 4. The van der Waals surface area contributed by atoms with E-state index in [4.69, 9.17) is 4.74 Å². The zero-order valence-corrected chi connectivity index (χ0v) is 14.9. The summed E-state index contributed by atoms with van der Waals surface area (Å²) >= 11 is 0. The second-order valence-corrected chi connectivity index (χ2v) is 6.07. The number of benzene rings is 1. The molecular weight excluding hydrogens is 332 g/mol. The predicted octanol–water partition coefficient (Wildman–Crippen LogP) is 2.50. The average molecular weight is 352 g/mol. The number of nitrogens with zero attached hydrogens (tertiary/aromatic N) is 2. The summed E-state index contributed by atoms with van der Waals surface area (Å²) in [4.78, 5) is 26.6. The predicted molar refractivity (Wildman–Crippen MR) is 99.0 cm³/mol. The third-order valence-corrected chi connectivity index (χ3v) is 3.79. The fourth-order valence-electron chi connectivity index (χ4n) is 2.59. The number of aromatic nitrogens is 3. The van der Waals surface area contributed by atoms with Crippen molar-refractivity contribution in [1.82, 2.24) is 14.8 Å². The van der Waals surface area contributed by atoms with Crippen LogP contribution in [0.2, 0.25) is 0 Å². The van der Waals surface area contributed by atoms with Crippen LogP contribution >= 0.6 is 0 Å². The Morgan fingerprint density at radius 1 is 1.19 bits per heavy atom. The van der Waals surface area contributed by atoms with Gasteiger partial charge in [-0.25, -0.2) is 4.68 Å². The van der Waals surface area contributed by atoms with Crippen LogP contribution in [0.3, 0.4) is 0 Å². The molecule has 7 heteroatoms. The van der Waals surface area contributed by atoms with Gasteiger partial charge in [-0.15, -0.1) is 0 Å². The van der Waals surface area contributed by atoms with Crippen molar-refractivity contribution in [3.8, 4) is 11.4 Å². The van der Waals surface area contributed by atoms with E-state index in [0.717, 1.165) is 22.8 Å². The lowest BCUT2D eigenvalue weighted by Crippen LogP contribution is -2.22. The molecule has 0 saturated heterocycles. The van der Waals surface area contributed by atoms with E-state index in [-0.39, 0.29) is 23.7 Å². The first-order valence-electron chi connectivity index (χ1n) is 8.18. The number of aryl methyl sites for hydroxylation is 3. The molecule has 0 radical (unpaired) electrons. The Kier molecular flexibility index (Phi) is 4.88. The van der Waals surface area contributed by atoms with Crippen molar-refractivity contribution in [2.24, 2.45) is 0 Å². The molecule has 0 unspecified atom stereocenters. The molecule has 2 aromatic heterocycles. The first-order valence-corrected chi connectivity index (χ1v) is 8.18. The molecule has 0 bridgehead atoms. The number of aromatic amines is 1. The summed E-state index contributed by atoms with van der Waals surface area (Å²) in [5.74, 6) is -0.227. The van der Waals surface area contributed by atoms with Crippen molar-refractivity contribution in [3.63, 3.8) is 0 Å². The molecule has 1 aromatic carbocycles. The zero-order valence-electron chi connectivity index (χ0n) is 14.9. The Bertz CT molecular complexity index is 987. The van der Waals surface area contributed by atoms with Gasteiger partial charge in [0.15, 0.2) is 12.4 Å². The minimum absolute atomic E-state index is 0.116. The molecule has 2 N–H and O–H groups in total. The lowest BCUT2D eigenvalue weighted by Gasteiger charge is -2.09. The van der Waals surface area contributed by atoms with Gasteiger partial charge in [-0.3, -0.25) is 9.59 Å². The summed E-state index contributed by atoms with van der Waals surface area (Å²) in [7, 11) is 0. The van der Waals surface area contributed by atoms with Crippen LogP contribution in [0.5, 0.6) is 5.75 Å². The summed E-state index contributed by atoms with van der Waals surface area (Å²) in [5, 5.41) is 7.16. The molecule has 26 heavy (non-hydrogen) atoms. The van der Waals surface area contributed by atoms with Crippen molar-refractivity contribution < 1.29 is 9.53 Å². The number of rotatable bonds is 5. The zero-order chi connectivity index (χ0) is 18.7. The van der Waals surface area contributed by atoms with Crippen LogP contribution in [0.4, 0.5) is 5.69 Å². The number of carbonyl (C=O) groups excluding carboxylic acids is 1. The molecule has 0 saturated carbocycles. The lowest BCUT2D eigenvalue weighted by atomic mass is 10.2. The highest BCUT2D eigenvalue weighted by atomic mass is 16.5. The Balaban J connectivity index is 1.61. The smallest absolute Gasteiger partial charge is 0.262 e. The maximum atomic E-state index is 12.0. The molecule has 7 nitrogen and oxygen atoms in total. The van der Waals surface area contributed by atoms with Crippen molar-refractivity contribution in [3.05, 3.63) is 69.9 Å².